The summed E-state index contributed by atoms with van der Waals surface area (Å²) in [6.45, 7) is 0.362. The Labute approximate surface area is 229 Å². The van der Waals surface area contributed by atoms with Crippen molar-refractivity contribution in [2.24, 2.45) is 0 Å². The number of nitrogens with zero attached hydrogens (tertiary/aromatic N) is 3. The third-order valence-electron chi connectivity index (χ3n) is 6.95. The molecular formula is C31H25F2N3O4. The molecule has 0 radical (unpaired) electrons. The minimum Gasteiger partial charge on any atom is -0.486 e. The highest BCUT2D eigenvalue weighted by molar-refractivity contribution is 5.96. The second kappa shape index (κ2) is 10.7. The Hall–Kier alpha value is -4.92. The molecule has 2 aliphatic heterocycles. The minimum atomic E-state index is -1.09. The molecule has 40 heavy (non-hydrogen) atoms. The van der Waals surface area contributed by atoms with E-state index in [1.54, 1.807) is 21.7 Å². The van der Waals surface area contributed by atoms with Crippen LogP contribution >= 0.6 is 0 Å². The molecule has 0 saturated carbocycles. The molecule has 3 heterocycles. The number of rotatable bonds is 4. The van der Waals surface area contributed by atoms with Crippen molar-refractivity contribution in [1.82, 2.24) is 9.58 Å². The summed E-state index contributed by atoms with van der Waals surface area (Å²) in [7, 11) is 0. The molecule has 0 spiro atoms. The van der Waals surface area contributed by atoms with Crippen LogP contribution in [0.25, 0.3) is 0 Å². The fourth-order valence-corrected chi connectivity index (χ4v) is 5.05. The van der Waals surface area contributed by atoms with Gasteiger partial charge in [-0.05, 0) is 29.3 Å². The van der Waals surface area contributed by atoms with E-state index in [1.165, 1.54) is 18.3 Å². The summed E-state index contributed by atoms with van der Waals surface area (Å²) in [6, 6.07) is 21.8. The van der Waals surface area contributed by atoms with Crippen molar-refractivity contribution in [3.8, 4) is 11.5 Å². The van der Waals surface area contributed by atoms with Gasteiger partial charge < -0.3 is 14.4 Å². The zero-order valence-electron chi connectivity index (χ0n) is 21.4. The van der Waals surface area contributed by atoms with Crippen molar-refractivity contribution < 1.29 is 23.0 Å². The second-order valence-electron chi connectivity index (χ2n) is 9.46. The Morgan fingerprint density at radius 3 is 2.42 bits per heavy atom. The lowest BCUT2D eigenvalue weighted by molar-refractivity contribution is 0.0698. The van der Waals surface area contributed by atoms with Crippen molar-refractivity contribution in [2.45, 2.75) is 12.6 Å². The highest BCUT2D eigenvalue weighted by atomic mass is 19.2. The standard InChI is InChI=1S/C31H25F2N3O4/c32-24-14-13-23-27(22-11-5-2-6-12-22)36-20-34(16-7-8-18-39-29(23)26(24)33)31(38)28-30(25(37)15-17-35(28)36)40-19-21-9-3-1-4-10-21/h1-15,17,27H,16,18-20H2/b8-7-/t27-/m1/s1. The van der Waals surface area contributed by atoms with Gasteiger partial charge in [-0.3, -0.25) is 19.3 Å². The van der Waals surface area contributed by atoms with Gasteiger partial charge in [-0.15, -0.1) is 0 Å². The average molecular weight is 542 g/mol. The summed E-state index contributed by atoms with van der Waals surface area (Å²) in [4.78, 5) is 28.5. The fraction of sp³-hybridized carbons (Fsp3) is 0.161. The van der Waals surface area contributed by atoms with Gasteiger partial charge in [0.2, 0.25) is 11.2 Å². The number of carbonyl (C=O) groups excluding carboxylic acids is 1. The number of fused-ring (bicyclic) bond motifs is 5. The van der Waals surface area contributed by atoms with E-state index in [-0.39, 0.29) is 49.5 Å². The Morgan fingerprint density at radius 2 is 1.65 bits per heavy atom. The Morgan fingerprint density at radius 1 is 0.900 bits per heavy atom. The Balaban J connectivity index is 1.56. The van der Waals surface area contributed by atoms with Crippen LogP contribution in [-0.2, 0) is 6.61 Å². The number of amides is 1. The summed E-state index contributed by atoms with van der Waals surface area (Å²) in [5, 5.41) is 1.82. The maximum Gasteiger partial charge on any atom is 0.278 e. The lowest BCUT2D eigenvalue weighted by atomic mass is 9.96. The first-order valence-corrected chi connectivity index (χ1v) is 12.8. The number of pyridine rings is 1. The average Bonchev–Trinajstić information content (AvgIpc) is 3.01. The number of benzene rings is 3. The lowest BCUT2D eigenvalue weighted by Gasteiger charge is -2.44. The van der Waals surface area contributed by atoms with Crippen LogP contribution in [0.4, 0.5) is 8.78 Å². The topological polar surface area (TPSA) is 64.0 Å². The first-order valence-electron chi connectivity index (χ1n) is 12.8. The van der Waals surface area contributed by atoms with Gasteiger partial charge in [0, 0.05) is 24.4 Å². The molecule has 1 atom stereocenters. The van der Waals surface area contributed by atoms with Gasteiger partial charge in [0.1, 0.15) is 25.9 Å². The van der Waals surface area contributed by atoms with Gasteiger partial charge in [-0.2, -0.15) is 4.39 Å². The maximum absolute atomic E-state index is 15.2. The molecule has 0 saturated heterocycles. The molecule has 7 nitrogen and oxygen atoms in total. The van der Waals surface area contributed by atoms with E-state index in [1.807, 2.05) is 65.7 Å². The van der Waals surface area contributed by atoms with Gasteiger partial charge in [0.05, 0.1) is 0 Å². The van der Waals surface area contributed by atoms with Crippen molar-refractivity contribution >= 4 is 5.91 Å². The maximum atomic E-state index is 15.2. The first kappa shape index (κ1) is 25.4. The second-order valence-corrected chi connectivity index (χ2v) is 9.46. The van der Waals surface area contributed by atoms with Crippen molar-refractivity contribution in [3.63, 3.8) is 0 Å². The van der Waals surface area contributed by atoms with Crippen LogP contribution < -0.4 is 19.9 Å². The van der Waals surface area contributed by atoms with Gasteiger partial charge in [0.25, 0.3) is 5.91 Å². The molecule has 202 valence electrons. The molecular weight excluding hydrogens is 516 g/mol. The van der Waals surface area contributed by atoms with E-state index < -0.39 is 23.1 Å². The quantitative estimate of drug-likeness (QED) is 0.348. The zero-order chi connectivity index (χ0) is 27.6. The van der Waals surface area contributed by atoms with E-state index in [4.69, 9.17) is 9.47 Å². The number of aromatic nitrogens is 1. The largest absolute Gasteiger partial charge is 0.486 e. The molecule has 0 fully saturated rings. The van der Waals surface area contributed by atoms with Crippen LogP contribution in [0.5, 0.6) is 11.5 Å². The third kappa shape index (κ3) is 4.59. The molecule has 1 amide bonds. The van der Waals surface area contributed by atoms with E-state index in [2.05, 4.69) is 0 Å². The minimum absolute atomic E-state index is 0.0207. The molecule has 2 bridgehead atoms. The highest BCUT2D eigenvalue weighted by Crippen LogP contribution is 2.39. The van der Waals surface area contributed by atoms with Crippen LogP contribution in [0, 0.1) is 11.6 Å². The van der Waals surface area contributed by atoms with Crippen LogP contribution in [0.1, 0.15) is 33.2 Å². The van der Waals surface area contributed by atoms with Crippen molar-refractivity contribution in [3.05, 3.63) is 141 Å². The van der Waals surface area contributed by atoms with E-state index in [9.17, 15) is 14.0 Å². The number of carbonyl (C=O) groups is 1. The van der Waals surface area contributed by atoms with Gasteiger partial charge >= 0.3 is 0 Å². The Kier molecular flexibility index (Phi) is 6.77. The number of hydrogen-bond donors (Lipinski definition) is 0. The molecule has 1 aromatic heterocycles. The third-order valence-corrected chi connectivity index (χ3v) is 6.95. The summed E-state index contributed by atoms with van der Waals surface area (Å²) in [5.41, 5.74) is 1.56. The summed E-state index contributed by atoms with van der Waals surface area (Å²) < 4.78 is 42.9. The molecule has 3 aromatic carbocycles. The first-order chi connectivity index (χ1) is 19.5. The summed E-state index contributed by atoms with van der Waals surface area (Å²) in [6.07, 6.45) is 4.87. The van der Waals surface area contributed by atoms with Crippen molar-refractivity contribution in [1.29, 1.82) is 0 Å². The van der Waals surface area contributed by atoms with Crippen LogP contribution in [0.3, 0.4) is 0 Å². The monoisotopic (exact) mass is 541 g/mol. The molecule has 4 aromatic rings. The number of ether oxygens (including phenoxy) is 2. The van der Waals surface area contributed by atoms with Crippen LogP contribution in [0.2, 0.25) is 0 Å². The van der Waals surface area contributed by atoms with Crippen LogP contribution in [0.15, 0.2) is 102 Å². The smallest absolute Gasteiger partial charge is 0.278 e. The van der Waals surface area contributed by atoms with Crippen LogP contribution in [-0.4, -0.2) is 35.3 Å². The predicted octanol–water partition coefficient (Wildman–Crippen LogP) is 4.80. The highest BCUT2D eigenvalue weighted by Gasteiger charge is 2.38. The van der Waals surface area contributed by atoms with Gasteiger partial charge in [0.15, 0.2) is 23.0 Å². The van der Waals surface area contributed by atoms with E-state index >= 15 is 4.39 Å². The lowest BCUT2D eigenvalue weighted by Crippen LogP contribution is -2.55. The van der Waals surface area contributed by atoms with Crippen molar-refractivity contribution in [2.75, 3.05) is 24.8 Å². The molecule has 0 aliphatic carbocycles. The SMILES string of the molecule is O=C1c2c(OCc3ccccc3)c(=O)ccn2N2CN1C/C=C\COc1c(ccc(F)c1F)[C@H]2c1ccccc1. The molecule has 0 unspecified atom stereocenters. The molecule has 2 aliphatic rings. The normalized spacial score (nSPS) is 17.2. The summed E-state index contributed by atoms with van der Waals surface area (Å²) >= 11 is 0. The molecule has 0 N–H and O–H groups in total. The molecule has 6 rings (SSSR count). The zero-order valence-corrected chi connectivity index (χ0v) is 21.4. The number of hydrogen-bond acceptors (Lipinski definition) is 5. The fourth-order valence-electron chi connectivity index (χ4n) is 5.05. The van der Waals surface area contributed by atoms with Gasteiger partial charge in [-0.25, -0.2) is 4.39 Å². The van der Waals surface area contributed by atoms with E-state index in [0.29, 0.717) is 5.56 Å². The predicted molar refractivity (Wildman–Crippen MR) is 145 cm³/mol. The van der Waals surface area contributed by atoms with Gasteiger partial charge in [-0.1, -0.05) is 66.7 Å². The number of halogens is 2. The Bertz CT molecular complexity index is 1640. The summed E-state index contributed by atoms with van der Waals surface area (Å²) in [5.74, 6) is -2.81. The molecule has 9 heteroatoms. The van der Waals surface area contributed by atoms with E-state index in [0.717, 1.165) is 17.2 Å².